The monoisotopic (exact) mass is 411 g/mol. The molecule has 1 atom stereocenters. The SMILES string of the molecule is CC(c1ccccc1O)N(C)C(=O)c1ccc(Br)cc1Br. The van der Waals surface area contributed by atoms with Crippen LogP contribution < -0.4 is 0 Å². The highest BCUT2D eigenvalue weighted by atomic mass is 79.9. The highest BCUT2D eigenvalue weighted by Gasteiger charge is 2.22. The van der Waals surface area contributed by atoms with Gasteiger partial charge in [0, 0.05) is 21.6 Å². The number of para-hydroxylation sites is 1. The fraction of sp³-hybridized carbons (Fsp3) is 0.188. The normalized spacial score (nSPS) is 12.0. The van der Waals surface area contributed by atoms with Crippen molar-refractivity contribution in [2.24, 2.45) is 0 Å². The predicted molar refractivity (Wildman–Crippen MR) is 90.5 cm³/mol. The number of amides is 1. The van der Waals surface area contributed by atoms with Gasteiger partial charge in [0.1, 0.15) is 5.75 Å². The second-order valence-electron chi connectivity index (χ2n) is 4.78. The second kappa shape index (κ2) is 6.62. The molecule has 0 spiro atoms. The fourth-order valence-electron chi connectivity index (χ4n) is 2.08. The number of halogens is 2. The Morgan fingerprint density at radius 3 is 2.48 bits per heavy atom. The summed E-state index contributed by atoms with van der Waals surface area (Å²) in [5, 5.41) is 9.92. The third-order valence-electron chi connectivity index (χ3n) is 3.45. The predicted octanol–water partition coefficient (Wildman–Crippen LogP) is 4.75. The van der Waals surface area contributed by atoms with E-state index in [-0.39, 0.29) is 17.7 Å². The molecule has 0 aliphatic heterocycles. The summed E-state index contributed by atoms with van der Waals surface area (Å²) in [4.78, 5) is 14.2. The molecule has 0 heterocycles. The lowest BCUT2D eigenvalue weighted by Crippen LogP contribution is -2.30. The number of rotatable bonds is 3. The molecule has 0 saturated carbocycles. The summed E-state index contributed by atoms with van der Waals surface area (Å²) < 4.78 is 1.64. The largest absolute Gasteiger partial charge is 0.508 e. The zero-order valence-corrected chi connectivity index (χ0v) is 14.8. The first kappa shape index (κ1) is 16.0. The van der Waals surface area contributed by atoms with E-state index in [2.05, 4.69) is 31.9 Å². The van der Waals surface area contributed by atoms with Gasteiger partial charge in [0.2, 0.25) is 0 Å². The van der Waals surface area contributed by atoms with Crippen molar-refractivity contribution in [2.45, 2.75) is 13.0 Å². The number of carbonyl (C=O) groups excluding carboxylic acids is 1. The van der Waals surface area contributed by atoms with Crippen LogP contribution in [0.4, 0.5) is 0 Å². The summed E-state index contributed by atoms with van der Waals surface area (Å²) in [7, 11) is 1.73. The lowest BCUT2D eigenvalue weighted by atomic mass is 10.1. The van der Waals surface area contributed by atoms with Crippen LogP contribution in [0.2, 0.25) is 0 Å². The Balaban J connectivity index is 2.29. The Labute approximate surface area is 140 Å². The summed E-state index contributed by atoms with van der Waals surface area (Å²) in [6, 6.07) is 12.3. The second-order valence-corrected chi connectivity index (χ2v) is 6.55. The van der Waals surface area contributed by atoms with E-state index in [1.54, 1.807) is 30.1 Å². The minimum absolute atomic E-state index is 0.106. The summed E-state index contributed by atoms with van der Waals surface area (Å²) in [5.74, 6) is 0.0876. The third-order valence-corrected chi connectivity index (χ3v) is 4.60. The molecular weight excluding hydrogens is 398 g/mol. The van der Waals surface area contributed by atoms with Crippen LogP contribution in [0.1, 0.15) is 28.9 Å². The standard InChI is InChI=1S/C16H15Br2NO2/c1-10(12-5-3-4-6-15(12)20)19(2)16(21)13-8-7-11(17)9-14(13)18/h3-10,20H,1-2H3. The molecule has 110 valence electrons. The van der Waals surface area contributed by atoms with Gasteiger partial charge in [-0.2, -0.15) is 0 Å². The summed E-state index contributed by atoms with van der Waals surface area (Å²) >= 11 is 6.78. The minimum atomic E-state index is -0.228. The molecule has 3 nitrogen and oxygen atoms in total. The van der Waals surface area contributed by atoms with Crippen LogP contribution in [0.25, 0.3) is 0 Å². The minimum Gasteiger partial charge on any atom is -0.508 e. The first-order valence-corrected chi connectivity index (χ1v) is 8.00. The number of hydrogen-bond acceptors (Lipinski definition) is 2. The van der Waals surface area contributed by atoms with E-state index in [0.717, 1.165) is 14.5 Å². The topological polar surface area (TPSA) is 40.5 Å². The lowest BCUT2D eigenvalue weighted by molar-refractivity contribution is 0.0740. The molecule has 21 heavy (non-hydrogen) atoms. The van der Waals surface area contributed by atoms with Crippen molar-refractivity contribution in [3.8, 4) is 5.75 Å². The lowest BCUT2D eigenvalue weighted by Gasteiger charge is -2.26. The molecule has 5 heteroatoms. The molecule has 0 fully saturated rings. The van der Waals surface area contributed by atoms with Crippen LogP contribution in [-0.4, -0.2) is 23.0 Å². The van der Waals surface area contributed by atoms with Gasteiger partial charge in [-0.15, -0.1) is 0 Å². The van der Waals surface area contributed by atoms with E-state index >= 15 is 0 Å². The molecule has 2 aromatic rings. The van der Waals surface area contributed by atoms with Crippen molar-refractivity contribution in [1.29, 1.82) is 0 Å². The molecule has 0 aliphatic carbocycles. The van der Waals surface area contributed by atoms with Gasteiger partial charge in [0.15, 0.2) is 0 Å². The van der Waals surface area contributed by atoms with Crippen LogP contribution in [0.15, 0.2) is 51.4 Å². The van der Waals surface area contributed by atoms with Crippen LogP contribution in [0.3, 0.4) is 0 Å². The maximum Gasteiger partial charge on any atom is 0.255 e. The average molecular weight is 413 g/mol. The molecule has 1 N–H and O–H groups in total. The number of phenolic OH excluding ortho intramolecular Hbond substituents is 1. The maximum atomic E-state index is 12.6. The number of hydrogen-bond donors (Lipinski definition) is 1. The van der Waals surface area contributed by atoms with E-state index in [9.17, 15) is 9.90 Å². The summed E-state index contributed by atoms with van der Waals surface area (Å²) in [6.45, 7) is 1.89. The molecule has 0 saturated heterocycles. The maximum absolute atomic E-state index is 12.6. The third kappa shape index (κ3) is 3.47. The van der Waals surface area contributed by atoms with Gasteiger partial charge >= 0.3 is 0 Å². The number of phenols is 1. The zero-order valence-electron chi connectivity index (χ0n) is 11.7. The highest BCUT2D eigenvalue weighted by molar-refractivity contribution is 9.11. The van der Waals surface area contributed by atoms with Gasteiger partial charge in [-0.1, -0.05) is 34.1 Å². The molecule has 1 unspecified atom stereocenters. The number of nitrogens with zero attached hydrogens (tertiary/aromatic N) is 1. The van der Waals surface area contributed by atoms with Crippen LogP contribution in [0, 0.1) is 0 Å². The van der Waals surface area contributed by atoms with Gasteiger partial charge in [0.25, 0.3) is 5.91 Å². The number of carbonyl (C=O) groups is 1. The molecule has 2 aromatic carbocycles. The molecule has 0 aliphatic rings. The first-order chi connectivity index (χ1) is 9.91. The van der Waals surface area contributed by atoms with Crippen LogP contribution >= 0.6 is 31.9 Å². The Hall–Kier alpha value is -1.33. The Morgan fingerprint density at radius 2 is 1.86 bits per heavy atom. The Morgan fingerprint density at radius 1 is 1.19 bits per heavy atom. The van der Waals surface area contributed by atoms with E-state index in [4.69, 9.17) is 0 Å². The van der Waals surface area contributed by atoms with Crippen molar-refractivity contribution in [3.05, 3.63) is 62.5 Å². The van der Waals surface area contributed by atoms with Gasteiger partial charge in [0.05, 0.1) is 11.6 Å². The Bertz CT molecular complexity index is 673. The Kier molecular flexibility index (Phi) is 5.06. The van der Waals surface area contributed by atoms with E-state index < -0.39 is 0 Å². The fourth-order valence-corrected chi connectivity index (χ4v) is 3.29. The van der Waals surface area contributed by atoms with E-state index in [1.807, 2.05) is 31.2 Å². The van der Waals surface area contributed by atoms with Crippen molar-refractivity contribution in [3.63, 3.8) is 0 Å². The zero-order chi connectivity index (χ0) is 15.6. The molecule has 0 aromatic heterocycles. The van der Waals surface area contributed by atoms with E-state index in [1.165, 1.54) is 0 Å². The van der Waals surface area contributed by atoms with Crippen LogP contribution in [-0.2, 0) is 0 Å². The van der Waals surface area contributed by atoms with Crippen molar-refractivity contribution >= 4 is 37.8 Å². The molecular formula is C16H15Br2NO2. The summed E-state index contributed by atoms with van der Waals surface area (Å²) in [5.41, 5.74) is 1.31. The first-order valence-electron chi connectivity index (χ1n) is 6.42. The van der Waals surface area contributed by atoms with Gasteiger partial charge in [-0.25, -0.2) is 0 Å². The average Bonchev–Trinajstić information content (AvgIpc) is 2.45. The highest BCUT2D eigenvalue weighted by Crippen LogP contribution is 2.30. The summed E-state index contributed by atoms with van der Waals surface area (Å²) in [6.07, 6.45) is 0. The van der Waals surface area contributed by atoms with Crippen molar-refractivity contribution < 1.29 is 9.90 Å². The molecule has 0 radical (unpaired) electrons. The molecule has 1 amide bonds. The quantitative estimate of drug-likeness (QED) is 0.789. The van der Waals surface area contributed by atoms with Crippen molar-refractivity contribution in [1.82, 2.24) is 4.90 Å². The van der Waals surface area contributed by atoms with Gasteiger partial charge in [-0.3, -0.25) is 4.79 Å². The molecule has 0 bridgehead atoms. The molecule has 2 rings (SSSR count). The van der Waals surface area contributed by atoms with Gasteiger partial charge in [-0.05, 0) is 47.1 Å². The smallest absolute Gasteiger partial charge is 0.255 e. The van der Waals surface area contributed by atoms with Gasteiger partial charge < -0.3 is 10.0 Å². The van der Waals surface area contributed by atoms with E-state index in [0.29, 0.717) is 5.56 Å². The van der Waals surface area contributed by atoms with Crippen LogP contribution in [0.5, 0.6) is 5.75 Å². The number of benzene rings is 2. The van der Waals surface area contributed by atoms with Crippen molar-refractivity contribution in [2.75, 3.05) is 7.05 Å². The number of aromatic hydroxyl groups is 1.